The highest BCUT2D eigenvalue weighted by Gasteiger charge is 2.32. The van der Waals surface area contributed by atoms with Crippen LogP contribution in [0.3, 0.4) is 0 Å². The van der Waals surface area contributed by atoms with Gasteiger partial charge in [-0.3, -0.25) is 5.32 Å². The first-order chi connectivity index (χ1) is 19.9. The number of nitrogens with two attached hydrogens (primary N) is 1. The number of likely N-dealkylation sites (N-methyl/N-ethyl adjacent to an activating group) is 1. The van der Waals surface area contributed by atoms with Crippen LogP contribution in [-0.2, 0) is 11.2 Å². The van der Waals surface area contributed by atoms with Crippen molar-refractivity contribution in [3.05, 3.63) is 59.7 Å². The van der Waals surface area contributed by atoms with Crippen LogP contribution in [0.2, 0.25) is 0 Å². The van der Waals surface area contributed by atoms with E-state index in [4.69, 9.17) is 15.2 Å². The van der Waals surface area contributed by atoms with Gasteiger partial charge in [0.1, 0.15) is 18.2 Å². The summed E-state index contributed by atoms with van der Waals surface area (Å²) in [6, 6.07) is 6.40. The number of benzene rings is 1. The van der Waals surface area contributed by atoms with Gasteiger partial charge in [0, 0.05) is 19.2 Å². The normalized spacial score (nSPS) is 18.5. The Bertz CT molecular complexity index is 993. The van der Waals surface area contributed by atoms with Crippen LogP contribution in [0.15, 0.2) is 46.7 Å². The van der Waals surface area contributed by atoms with Crippen molar-refractivity contribution in [2.24, 2.45) is 16.6 Å². The second-order valence-corrected chi connectivity index (χ2v) is 11.3. The Morgan fingerprint density at radius 3 is 2.73 bits per heavy atom. The number of unbranched alkanes of at least 4 members (excludes halogenated alkanes) is 4. The predicted octanol–water partition coefficient (Wildman–Crippen LogP) is 4.62. The zero-order chi connectivity index (χ0) is 29.5. The number of phenolic OH excluding ortho intramolecular Hbond substituents is 1. The SMILES string of the molecule is CCNC(COc1cc(CCC2=C[CH-]C(CCCCCCCN)O2)ccc1O)[C+]1C=C(C(C)CNCC(C)O)C=N1. The number of hydrogen-bond donors (Lipinski definition) is 5. The maximum absolute atomic E-state index is 10.5. The van der Waals surface area contributed by atoms with E-state index in [1.54, 1.807) is 13.0 Å². The standard InChI is InChI=1S/C33H52N4O4/c1-4-36-31(30-19-27(22-37-30)24(2)20-35-21-25(3)38)23-40-33-18-26(12-16-32(33)39)11-13-29-15-14-28(41-29)10-8-6-5-7-9-17-34/h12,14-16,18-19,22,24-25,28,31,35-36,38-39H,4-11,13,17,20-21,23,34H2,1-3H3. The van der Waals surface area contributed by atoms with Crippen molar-refractivity contribution in [1.29, 1.82) is 0 Å². The number of allylic oxidation sites excluding steroid dienone is 1. The Morgan fingerprint density at radius 1 is 1.15 bits per heavy atom. The van der Waals surface area contributed by atoms with Gasteiger partial charge in [-0.2, -0.15) is 12.5 Å². The van der Waals surface area contributed by atoms with E-state index in [0.717, 1.165) is 68.3 Å². The molecule has 0 radical (unpaired) electrons. The largest absolute Gasteiger partial charge is 0.592 e. The highest BCUT2D eigenvalue weighted by Crippen LogP contribution is 2.31. The van der Waals surface area contributed by atoms with E-state index in [1.165, 1.54) is 25.7 Å². The minimum atomic E-state index is -0.364. The fourth-order valence-corrected chi connectivity index (χ4v) is 5.05. The lowest BCUT2D eigenvalue weighted by Gasteiger charge is -2.21. The van der Waals surface area contributed by atoms with Crippen molar-refractivity contribution < 1.29 is 19.7 Å². The van der Waals surface area contributed by atoms with Crippen LogP contribution in [0, 0.1) is 18.4 Å². The fourth-order valence-electron chi connectivity index (χ4n) is 5.05. The number of hydrogen-bond acceptors (Lipinski definition) is 8. The van der Waals surface area contributed by atoms with Crippen LogP contribution in [0.5, 0.6) is 11.5 Å². The van der Waals surface area contributed by atoms with Crippen molar-refractivity contribution in [2.45, 2.75) is 90.4 Å². The first-order valence-electron chi connectivity index (χ1n) is 15.5. The van der Waals surface area contributed by atoms with Gasteiger partial charge in [-0.15, -0.1) is 4.99 Å². The summed E-state index contributed by atoms with van der Waals surface area (Å²) >= 11 is 0. The van der Waals surface area contributed by atoms with E-state index < -0.39 is 0 Å². The van der Waals surface area contributed by atoms with Crippen molar-refractivity contribution in [3.8, 4) is 11.5 Å². The van der Waals surface area contributed by atoms with Gasteiger partial charge < -0.3 is 30.7 Å². The van der Waals surface area contributed by atoms with Crippen molar-refractivity contribution in [1.82, 2.24) is 10.6 Å². The summed E-state index contributed by atoms with van der Waals surface area (Å²) < 4.78 is 12.3. The monoisotopic (exact) mass is 568 g/mol. The zero-order valence-corrected chi connectivity index (χ0v) is 25.3. The van der Waals surface area contributed by atoms with Crippen molar-refractivity contribution >= 4 is 6.21 Å². The number of aryl methyl sites for hydroxylation is 1. The number of rotatable bonds is 21. The molecule has 0 amide bonds. The number of aromatic hydroxyl groups is 1. The fraction of sp³-hybridized carbons (Fsp3) is 0.606. The smallest absolute Gasteiger partial charge is 0.176 e. The number of ether oxygens (including phenoxy) is 2. The quantitative estimate of drug-likeness (QED) is 0.108. The maximum Gasteiger partial charge on any atom is 0.176 e. The van der Waals surface area contributed by atoms with E-state index in [1.807, 2.05) is 18.3 Å². The third-order valence-electron chi connectivity index (χ3n) is 7.53. The average Bonchev–Trinajstić information content (AvgIpc) is 3.63. The Balaban J connectivity index is 1.45. The molecule has 2 aliphatic rings. The second-order valence-electron chi connectivity index (χ2n) is 11.3. The molecule has 0 saturated heterocycles. The molecular formula is C33H52N4O4. The molecule has 0 spiro atoms. The molecule has 0 saturated carbocycles. The Morgan fingerprint density at radius 2 is 1.95 bits per heavy atom. The van der Waals surface area contributed by atoms with E-state index in [2.05, 4.69) is 48.0 Å². The molecule has 0 aromatic heterocycles. The summed E-state index contributed by atoms with van der Waals surface area (Å²) in [6.07, 6.45) is 16.8. The third kappa shape index (κ3) is 11.6. The van der Waals surface area contributed by atoms with Gasteiger partial charge in [-0.1, -0.05) is 50.9 Å². The first kappa shape index (κ1) is 32.9. The zero-order valence-electron chi connectivity index (χ0n) is 25.3. The van der Waals surface area contributed by atoms with Gasteiger partial charge in [0.05, 0.1) is 18.1 Å². The number of aliphatic imine (C=N–C) groups is 1. The minimum Gasteiger partial charge on any atom is -0.592 e. The van der Waals surface area contributed by atoms with E-state index in [-0.39, 0.29) is 29.9 Å². The number of phenols is 1. The summed E-state index contributed by atoms with van der Waals surface area (Å²) in [4.78, 5) is 4.66. The number of nitrogens with one attached hydrogen (secondary N) is 2. The van der Waals surface area contributed by atoms with Crippen molar-refractivity contribution in [3.63, 3.8) is 0 Å². The topological polar surface area (TPSA) is 121 Å². The van der Waals surface area contributed by atoms with E-state index in [9.17, 15) is 10.2 Å². The van der Waals surface area contributed by atoms with Gasteiger partial charge in [0.15, 0.2) is 23.8 Å². The van der Waals surface area contributed by atoms with Crippen LogP contribution in [0.4, 0.5) is 0 Å². The summed E-state index contributed by atoms with van der Waals surface area (Å²) in [6.45, 7) is 9.24. The molecule has 41 heavy (non-hydrogen) atoms. The first-order valence-corrected chi connectivity index (χ1v) is 15.5. The third-order valence-corrected chi connectivity index (χ3v) is 7.53. The molecule has 4 atom stereocenters. The molecule has 0 bridgehead atoms. The maximum atomic E-state index is 10.5. The molecule has 1 aromatic carbocycles. The molecule has 8 heteroatoms. The number of aliphatic hydroxyl groups is 1. The molecule has 2 aliphatic heterocycles. The van der Waals surface area contributed by atoms with Gasteiger partial charge in [0.2, 0.25) is 0 Å². The summed E-state index contributed by atoms with van der Waals surface area (Å²) in [5.74, 6) is 1.91. The second kappa shape index (κ2) is 18.0. The molecule has 1 aromatic rings. The van der Waals surface area contributed by atoms with Crippen LogP contribution in [0.1, 0.15) is 71.3 Å². The summed E-state index contributed by atoms with van der Waals surface area (Å²) in [5, 5.41) is 26.7. The average molecular weight is 569 g/mol. The molecule has 2 heterocycles. The van der Waals surface area contributed by atoms with Gasteiger partial charge in [-0.05, 0) is 63.9 Å². The number of aliphatic hydroxyl groups excluding tert-OH is 1. The lowest BCUT2D eigenvalue weighted by atomic mass is 10.00. The molecular weight excluding hydrogens is 516 g/mol. The molecule has 4 unspecified atom stereocenters. The Labute approximate surface area is 247 Å². The van der Waals surface area contributed by atoms with E-state index in [0.29, 0.717) is 18.9 Å². The Hall–Kier alpha value is -2.65. The van der Waals surface area contributed by atoms with Crippen LogP contribution in [-0.4, -0.2) is 67.5 Å². The van der Waals surface area contributed by atoms with Gasteiger partial charge in [0.25, 0.3) is 0 Å². The lowest BCUT2D eigenvalue weighted by Crippen LogP contribution is -2.38. The van der Waals surface area contributed by atoms with Crippen LogP contribution in [0.25, 0.3) is 0 Å². The van der Waals surface area contributed by atoms with Gasteiger partial charge in [-0.25, -0.2) is 0 Å². The van der Waals surface area contributed by atoms with Crippen molar-refractivity contribution in [2.75, 3.05) is 32.8 Å². The lowest BCUT2D eigenvalue weighted by molar-refractivity contribution is 0.146. The summed E-state index contributed by atoms with van der Waals surface area (Å²) in [7, 11) is 0. The Kier molecular flexibility index (Phi) is 14.4. The number of nitrogens with zero attached hydrogens (tertiary/aromatic N) is 1. The highest BCUT2D eigenvalue weighted by molar-refractivity contribution is 5.84. The van der Waals surface area contributed by atoms with E-state index >= 15 is 0 Å². The predicted molar refractivity (Wildman–Crippen MR) is 167 cm³/mol. The highest BCUT2D eigenvalue weighted by atomic mass is 16.5. The molecule has 228 valence electrons. The molecule has 6 N–H and O–H groups in total. The molecule has 0 fully saturated rings. The van der Waals surface area contributed by atoms with Crippen LogP contribution < -0.4 is 21.1 Å². The minimum absolute atomic E-state index is 0.0976. The molecule has 0 aliphatic carbocycles. The van der Waals surface area contributed by atoms with Gasteiger partial charge >= 0.3 is 0 Å². The molecule has 3 rings (SSSR count). The molecule has 8 nitrogen and oxygen atoms in total. The van der Waals surface area contributed by atoms with Crippen LogP contribution >= 0.6 is 0 Å². The summed E-state index contributed by atoms with van der Waals surface area (Å²) in [5.41, 5.74) is 7.81.